The van der Waals surface area contributed by atoms with E-state index in [1.807, 2.05) is 36.4 Å². The third kappa shape index (κ3) is 4.63. The summed E-state index contributed by atoms with van der Waals surface area (Å²) in [7, 11) is 1.67. The molecule has 2 aromatic heterocycles. The Morgan fingerprint density at radius 3 is 2.41 bits per heavy atom. The molecule has 6 nitrogen and oxygen atoms in total. The van der Waals surface area contributed by atoms with Crippen LogP contribution in [-0.2, 0) is 0 Å². The lowest BCUT2D eigenvalue weighted by atomic mass is 10.1. The van der Waals surface area contributed by atoms with E-state index in [-0.39, 0.29) is 0 Å². The van der Waals surface area contributed by atoms with E-state index in [0.29, 0.717) is 5.95 Å². The lowest BCUT2D eigenvalue weighted by Crippen LogP contribution is -2.05. The predicted octanol–water partition coefficient (Wildman–Crippen LogP) is 4.69. The quantitative estimate of drug-likeness (QED) is 0.338. The minimum absolute atomic E-state index is 0.659. The number of anilines is 1. The molecule has 29 heavy (non-hydrogen) atoms. The summed E-state index contributed by atoms with van der Waals surface area (Å²) >= 11 is 1.72. The SMILES string of the molecule is COc1ccc(-c2nnc(SCCCNc3ncccn3)c3ccccc23)cc1. The second-order valence-electron chi connectivity index (χ2n) is 6.33. The molecule has 0 radical (unpaired) electrons. The number of fused-ring (bicyclic) bond motifs is 1. The van der Waals surface area contributed by atoms with Crippen LogP contribution in [-0.4, -0.2) is 39.6 Å². The Morgan fingerprint density at radius 1 is 0.897 bits per heavy atom. The zero-order valence-corrected chi connectivity index (χ0v) is 16.9. The molecule has 0 aliphatic rings. The molecular formula is C22H21N5OS. The number of aromatic nitrogens is 4. The van der Waals surface area contributed by atoms with Crippen LogP contribution in [0.2, 0.25) is 0 Å². The van der Waals surface area contributed by atoms with Gasteiger partial charge >= 0.3 is 0 Å². The van der Waals surface area contributed by atoms with Gasteiger partial charge in [0.1, 0.15) is 16.5 Å². The average molecular weight is 404 g/mol. The Morgan fingerprint density at radius 2 is 1.66 bits per heavy atom. The maximum Gasteiger partial charge on any atom is 0.222 e. The van der Waals surface area contributed by atoms with Crippen molar-refractivity contribution in [1.29, 1.82) is 0 Å². The van der Waals surface area contributed by atoms with Crippen LogP contribution in [0.5, 0.6) is 5.75 Å². The molecule has 0 fully saturated rings. The molecule has 0 aliphatic carbocycles. The zero-order valence-electron chi connectivity index (χ0n) is 16.1. The van der Waals surface area contributed by atoms with E-state index < -0.39 is 0 Å². The van der Waals surface area contributed by atoms with Crippen LogP contribution in [0.15, 0.2) is 72.0 Å². The lowest BCUT2D eigenvalue weighted by molar-refractivity contribution is 0.415. The molecule has 0 spiro atoms. The summed E-state index contributed by atoms with van der Waals surface area (Å²) < 4.78 is 5.25. The lowest BCUT2D eigenvalue weighted by Gasteiger charge is -2.10. The molecule has 2 heterocycles. The summed E-state index contributed by atoms with van der Waals surface area (Å²) in [4.78, 5) is 8.33. The minimum atomic E-state index is 0.659. The molecular weight excluding hydrogens is 382 g/mol. The molecule has 146 valence electrons. The van der Waals surface area contributed by atoms with E-state index in [4.69, 9.17) is 4.74 Å². The average Bonchev–Trinajstić information content (AvgIpc) is 2.79. The number of ether oxygens (including phenoxy) is 1. The smallest absolute Gasteiger partial charge is 0.222 e. The Kier molecular flexibility index (Phi) is 6.16. The number of nitrogens with zero attached hydrogens (tertiary/aromatic N) is 4. The second kappa shape index (κ2) is 9.34. The summed E-state index contributed by atoms with van der Waals surface area (Å²) in [5.41, 5.74) is 1.91. The Balaban J connectivity index is 1.46. The van der Waals surface area contributed by atoms with E-state index in [2.05, 4.69) is 37.6 Å². The van der Waals surface area contributed by atoms with Crippen LogP contribution in [0.1, 0.15) is 6.42 Å². The van der Waals surface area contributed by atoms with Crippen molar-refractivity contribution in [1.82, 2.24) is 20.2 Å². The van der Waals surface area contributed by atoms with E-state index in [9.17, 15) is 0 Å². The highest BCUT2D eigenvalue weighted by Gasteiger charge is 2.11. The number of hydrogen-bond donors (Lipinski definition) is 1. The van der Waals surface area contributed by atoms with Crippen LogP contribution in [0, 0.1) is 0 Å². The molecule has 0 atom stereocenters. The molecule has 0 saturated heterocycles. The van der Waals surface area contributed by atoms with Gasteiger partial charge in [-0.25, -0.2) is 9.97 Å². The fourth-order valence-electron chi connectivity index (χ4n) is 2.98. The Hall–Kier alpha value is -3.19. The third-order valence-corrected chi connectivity index (χ3v) is 5.49. The van der Waals surface area contributed by atoms with Crippen molar-refractivity contribution < 1.29 is 4.74 Å². The number of methoxy groups -OCH3 is 1. The normalized spacial score (nSPS) is 10.8. The number of thioether (sulfide) groups is 1. The van der Waals surface area contributed by atoms with Crippen LogP contribution >= 0.6 is 11.8 Å². The number of hydrogen-bond acceptors (Lipinski definition) is 7. The minimum Gasteiger partial charge on any atom is -0.497 e. The van der Waals surface area contributed by atoms with Gasteiger partial charge < -0.3 is 10.1 Å². The monoisotopic (exact) mass is 403 g/mol. The molecule has 2 aromatic carbocycles. The van der Waals surface area contributed by atoms with Crippen molar-refractivity contribution >= 4 is 28.5 Å². The molecule has 4 rings (SSSR count). The number of benzene rings is 2. The highest BCUT2D eigenvalue weighted by atomic mass is 32.2. The van der Waals surface area contributed by atoms with Crippen LogP contribution in [0.3, 0.4) is 0 Å². The third-order valence-electron chi connectivity index (χ3n) is 4.43. The first-order valence-corrected chi connectivity index (χ1v) is 10.4. The van der Waals surface area contributed by atoms with E-state index in [0.717, 1.165) is 51.5 Å². The number of nitrogens with one attached hydrogen (secondary N) is 1. The van der Waals surface area contributed by atoms with Gasteiger partial charge in [-0.3, -0.25) is 0 Å². The van der Waals surface area contributed by atoms with E-state index >= 15 is 0 Å². The molecule has 1 N–H and O–H groups in total. The van der Waals surface area contributed by atoms with E-state index in [1.54, 1.807) is 37.3 Å². The van der Waals surface area contributed by atoms with Crippen LogP contribution < -0.4 is 10.1 Å². The number of rotatable bonds is 8. The second-order valence-corrected chi connectivity index (χ2v) is 7.41. The van der Waals surface area contributed by atoms with Gasteiger partial charge in [-0.05, 0) is 36.8 Å². The maximum atomic E-state index is 5.25. The standard InChI is InChI=1S/C22H21N5OS/c1-28-17-10-8-16(9-11-17)20-18-6-2-3-7-19(18)21(27-26-20)29-15-5-14-25-22-23-12-4-13-24-22/h2-4,6-13H,5,14-15H2,1H3,(H,23,24,25). The van der Waals surface area contributed by atoms with Crippen molar-refractivity contribution in [2.75, 3.05) is 24.7 Å². The first kappa shape index (κ1) is 19.1. The molecule has 0 amide bonds. The Labute approximate surface area is 173 Å². The summed E-state index contributed by atoms with van der Waals surface area (Å²) in [6, 6.07) is 18.0. The first-order valence-electron chi connectivity index (χ1n) is 9.38. The summed E-state index contributed by atoms with van der Waals surface area (Å²) in [6.07, 6.45) is 4.44. The van der Waals surface area contributed by atoms with Gasteiger partial charge in [-0.15, -0.1) is 22.0 Å². The predicted molar refractivity (Wildman–Crippen MR) is 117 cm³/mol. The summed E-state index contributed by atoms with van der Waals surface area (Å²) in [5.74, 6) is 2.42. The van der Waals surface area contributed by atoms with Crippen molar-refractivity contribution in [3.8, 4) is 17.0 Å². The van der Waals surface area contributed by atoms with Gasteiger partial charge in [0.15, 0.2) is 0 Å². The Bertz CT molecular complexity index is 1070. The molecule has 4 aromatic rings. The fraction of sp³-hybridized carbons (Fsp3) is 0.182. The van der Waals surface area contributed by atoms with Crippen molar-refractivity contribution in [2.45, 2.75) is 11.4 Å². The van der Waals surface area contributed by atoms with Gasteiger partial charge in [0, 0.05) is 41.0 Å². The molecule has 0 bridgehead atoms. The maximum absolute atomic E-state index is 5.25. The van der Waals surface area contributed by atoms with E-state index in [1.165, 1.54) is 0 Å². The van der Waals surface area contributed by atoms with Crippen molar-refractivity contribution in [3.05, 3.63) is 67.0 Å². The topological polar surface area (TPSA) is 72.8 Å². The molecule has 0 unspecified atom stereocenters. The summed E-state index contributed by atoms with van der Waals surface area (Å²) in [6.45, 7) is 0.812. The largest absolute Gasteiger partial charge is 0.497 e. The first-order chi connectivity index (χ1) is 14.3. The van der Waals surface area contributed by atoms with Gasteiger partial charge in [0.05, 0.1) is 7.11 Å². The fourth-order valence-corrected chi connectivity index (χ4v) is 3.89. The van der Waals surface area contributed by atoms with Gasteiger partial charge in [-0.1, -0.05) is 24.3 Å². The zero-order chi connectivity index (χ0) is 19.9. The highest BCUT2D eigenvalue weighted by Crippen LogP contribution is 2.32. The van der Waals surface area contributed by atoms with Gasteiger partial charge in [0.2, 0.25) is 5.95 Å². The molecule has 0 aliphatic heterocycles. The summed E-state index contributed by atoms with van der Waals surface area (Å²) in [5, 5.41) is 15.5. The highest BCUT2D eigenvalue weighted by molar-refractivity contribution is 7.99. The van der Waals surface area contributed by atoms with Crippen molar-refractivity contribution in [3.63, 3.8) is 0 Å². The van der Waals surface area contributed by atoms with Gasteiger partial charge in [-0.2, -0.15) is 0 Å². The molecule has 0 saturated carbocycles. The molecule has 7 heteroatoms. The van der Waals surface area contributed by atoms with Crippen LogP contribution in [0.25, 0.3) is 22.0 Å². The van der Waals surface area contributed by atoms with Crippen molar-refractivity contribution in [2.24, 2.45) is 0 Å². The van der Waals surface area contributed by atoms with Crippen LogP contribution in [0.4, 0.5) is 5.95 Å². The van der Waals surface area contributed by atoms with Gasteiger partial charge in [0.25, 0.3) is 0 Å².